The number of carboxylic acid groups (broad SMARTS) is 1. The fourth-order valence-electron chi connectivity index (χ4n) is 1.96. The first-order chi connectivity index (χ1) is 9.15. The summed E-state index contributed by atoms with van der Waals surface area (Å²) in [5.74, 6) is 0.892. The van der Waals surface area contributed by atoms with E-state index in [0.717, 1.165) is 30.7 Å². The van der Waals surface area contributed by atoms with Crippen molar-refractivity contribution in [1.29, 1.82) is 0 Å². The van der Waals surface area contributed by atoms with E-state index in [0.29, 0.717) is 17.7 Å². The maximum Gasteiger partial charge on any atom is 0.328 e. The number of carbonyl (C=O) groups is 1. The lowest BCUT2D eigenvalue weighted by molar-refractivity contribution is -0.131. The summed E-state index contributed by atoms with van der Waals surface area (Å²) in [5.41, 5.74) is 1.23. The molecule has 0 radical (unpaired) electrons. The molecule has 2 rings (SSSR count). The maximum atomic E-state index is 13.9. The van der Waals surface area contributed by atoms with E-state index in [4.69, 9.17) is 5.11 Å². The van der Waals surface area contributed by atoms with E-state index in [1.165, 1.54) is 12.1 Å². The SMILES string of the molecule is O=C(O)/C=C/c1ccc(CN2CCSCC2)c(F)c1. The van der Waals surface area contributed by atoms with E-state index in [9.17, 15) is 9.18 Å². The summed E-state index contributed by atoms with van der Waals surface area (Å²) in [5, 5.41) is 8.53. The standard InChI is InChI=1S/C14H16FNO2S/c15-13-9-11(2-4-14(17)18)1-3-12(13)10-16-5-7-19-8-6-16/h1-4,9H,5-8,10H2,(H,17,18)/b4-2+. The third kappa shape index (κ3) is 4.36. The van der Waals surface area contributed by atoms with Gasteiger partial charge in [-0.05, 0) is 17.7 Å². The van der Waals surface area contributed by atoms with Gasteiger partial charge in [-0.2, -0.15) is 11.8 Å². The van der Waals surface area contributed by atoms with E-state index in [2.05, 4.69) is 4.90 Å². The summed E-state index contributed by atoms with van der Waals surface area (Å²) in [7, 11) is 0. The van der Waals surface area contributed by atoms with Crippen LogP contribution in [0.4, 0.5) is 4.39 Å². The molecular formula is C14H16FNO2S. The highest BCUT2D eigenvalue weighted by molar-refractivity contribution is 7.99. The van der Waals surface area contributed by atoms with Crippen LogP contribution in [0.5, 0.6) is 0 Å². The zero-order valence-electron chi connectivity index (χ0n) is 10.5. The van der Waals surface area contributed by atoms with Gasteiger partial charge in [0.05, 0.1) is 0 Å². The van der Waals surface area contributed by atoms with Crippen molar-refractivity contribution in [2.75, 3.05) is 24.6 Å². The first-order valence-corrected chi connectivity index (χ1v) is 7.30. The van der Waals surface area contributed by atoms with E-state index in [1.807, 2.05) is 11.8 Å². The zero-order chi connectivity index (χ0) is 13.7. The molecule has 0 saturated carbocycles. The van der Waals surface area contributed by atoms with Gasteiger partial charge in [-0.3, -0.25) is 4.90 Å². The smallest absolute Gasteiger partial charge is 0.328 e. The van der Waals surface area contributed by atoms with Gasteiger partial charge in [-0.1, -0.05) is 12.1 Å². The minimum absolute atomic E-state index is 0.272. The molecule has 0 atom stereocenters. The normalized spacial score (nSPS) is 16.9. The predicted molar refractivity (Wildman–Crippen MR) is 75.7 cm³/mol. The Labute approximate surface area is 116 Å². The zero-order valence-corrected chi connectivity index (χ0v) is 11.3. The number of nitrogens with zero attached hydrogens (tertiary/aromatic N) is 1. The van der Waals surface area contributed by atoms with Crippen LogP contribution in [0, 0.1) is 5.82 Å². The second-order valence-corrected chi connectivity index (χ2v) is 5.64. The number of hydrogen-bond donors (Lipinski definition) is 1. The first-order valence-electron chi connectivity index (χ1n) is 6.15. The van der Waals surface area contributed by atoms with Crippen LogP contribution in [0.25, 0.3) is 6.08 Å². The molecule has 102 valence electrons. The van der Waals surface area contributed by atoms with E-state index < -0.39 is 5.97 Å². The van der Waals surface area contributed by atoms with Crippen LogP contribution in [0.1, 0.15) is 11.1 Å². The second kappa shape index (κ2) is 6.73. The Morgan fingerprint density at radius 2 is 2.16 bits per heavy atom. The molecule has 1 saturated heterocycles. The first kappa shape index (κ1) is 14.1. The lowest BCUT2D eigenvalue weighted by Crippen LogP contribution is -2.32. The Morgan fingerprint density at radius 1 is 1.42 bits per heavy atom. The highest BCUT2D eigenvalue weighted by Gasteiger charge is 2.12. The number of hydrogen-bond acceptors (Lipinski definition) is 3. The van der Waals surface area contributed by atoms with Crippen LogP contribution in [-0.2, 0) is 11.3 Å². The Morgan fingerprint density at radius 3 is 2.79 bits per heavy atom. The van der Waals surface area contributed by atoms with Crippen molar-refractivity contribution in [2.24, 2.45) is 0 Å². The number of aliphatic carboxylic acids is 1. The van der Waals surface area contributed by atoms with E-state index in [-0.39, 0.29) is 5.82 Å². The Balaban J connectivity index is 2.04. The van der Waals surface area contributed by atoms with Crippen molar-refractivity contribution in [3.63, 3.8) is 0 Å². The minimum atomic E-state index is -1.03. The molecule has 0 aromatic heterocycles. The monoisotopic (exact) mass is 281 g/mol. The highest BCUT2D eigenvalue weighted by atomic mass is 32.2. The molecule has 19 heavy (non-hydrogen) atoms. The van der Waals surface area contributed by atoms with E-state index >= 15 is 0 Å². The van der Waals surface area contributed by atoms with Gasteiger partial charge in [0.25, 0.3) is 0 Å². The largest absolute Gasteiger partial charge is 0.478 e. The average Bonchev–Trinajstić information content (AvgIpc) is 2.40. The average molecular weight is 281 g/mol. The summed E-state index contributed by atoms with van der Waals surface area (Å²) in [4.78, 5) is 12.6. The number of thioether (sulfide) groups is 1. The molecule has 0 aliphatic carbocycles. The number of halogens is 1. The molecule has 0 spiro atoms. The van der Waals surface area contributed by atoms with Crippen molar-refractivity contribution in [3.8, 4) is 0 Å². The Hall–Kier alpha value is -1.33. The summed E-state index contributed by atoms with van der Waals surface area (Å²) in [6, 6.07) is 4.86. The van der Waals surface area contributed by atoms with Gasteiger partial charge in [-0.25, -0.2) is 9.18 Å². The molecule has 5 heteroatoms. The minimum Gasteiger partial charge on any atom is -0.478 e. The maximum absolute atomic E-state index is 13.9. The van der Waals surface area contributed by atoms with Crippen LogP contribution in [-0.4, -0.2) is 40.6 Å². The molecular weight excluding hydrogens is 265 g/mol. The fourth-order valence-corrected chi connectivity index (χ4v) is 2.94. The van der Waals surface area contributed by atoms with Crippen molar-refractivity contribution < 1.29 is 14.3 Å². The van der Waals surface area contributed by atoms with Gasteiger partial charge < -0.3 is 5.11 Å². The van der Waals surface area contributed by atoms with Gasteiger partial charge in [0.2, 0.25) is 0 Å². The molecule has 0 unspecified atom stereocenters. The number of benzene rings is 1. The van der Waals surface area contributed by atoms with Crippen LogP contribution in [0.2, 0.25) is 0 Å². The Bertz CT molecular complexity index is 484. The molecule has 1 aromatic rings. The van der Waals surface area contributed by atoms with Gasteiger partial charge in [0, 0.05) is 42.8 Å². The van der Waals surface area contributed by atoms with Crippen molar-refractivity contribution in [2.45, 2.75) is 6.54 Å². The molecule has 0 bridgehead atoms. The van der Waals surface area contributed by atoms with Gasteiger partial charge in [-0.15, -0.1) is 0 Å². The van der Waals surface area contributed by atoms with Gasteiger partial charge in [0.15, 0.2) is 0 Å². The summed E-state index contributed by atoms with van der Waals surface area (Å²) in [6.45, 7) is 2.60. The molecule has 1 fully saturated rings. The highest BCUT2D eigenvalue weighted by Crippen LogP contribution is 2.17. The fraction of sp³-hybridized carbons (Fsp3) is 0.357. The third-order valence-corrected chi connectivity index (χ3v) is 3.94. The topological polar surface area (TPSA) is 40.5 Å². The van der Waals surface area contributed by atoms with Gasteiger partial charge >= 0.3 is 5.97 Å². The molecule has 1 heterocycles. The van der Waals surface area contributed by atoms with Crippen LogP contribution < -0.4 is 0 Å². The summed E-state index contributed by atoms with van der Waals surface area (Å²) < 4.78 is 13.9. The van der Waals surface area contributed by atoms with Crippen molar-refractivity contribution >= 4 is 23.8 Å². The lowest BCUT2D eigenvalue weighted by atomic mass is 10.1. The molecule has 0 amide bonds. The quantitative estimate of drug-likeness (QED) is 0.861. The molecule has 3 nitrogen and oxygen atoms in total. The lowest BCUT2D eigenvalue weighted by Gasteiger charge is -2.26. The van der Waals surface area contributed by atoms with Crippen molar-refractivity contribution in [3.05, 3.63) is 41.2 Å². The second-order valence-electron chi connectivity index (χ2n) is 4.41. The molecule has 1 aromatic carbocycles. The van der Waals surface area contributed by atoms with Crippen LogP contribution in [0.15, 0.2) is 24.3 Å². The van der Waals surface area contributed by atoms with E-state index in [1.54, 1.807) is 12.1 Å². The van der Waals surface area contributed by atoms with Crippen LogP contribution in [0.3, 0.4) is 0 Å². The molecule has 1 aliphatic heterocycles. The van der Waals surface area contributed by atoms with Crippen LogP contribution >= 0.6 is 11.8 Å². The number of rotatable bonds is 4. The van der Waals surface area contributed by atoms with Crippen molar-refractivity contribution in [1.82, 2.24) is 4.90 Å². The molecule has 1 N–H and O–H groups in total. The summed E-state index contributed by atoms with van der Waals surface area (Å²) >= 11 is 1.93. The summed E-state index contributed by atoms with van der Waals surface area (Å²) in [6.07, 6.45) is 2.41. The number of carboxylic acids is 1. The van der Waals surface area contributed by atoms with Gasteiger partial charge in [0.1, 0.15) is 5.82 Å². The molecule has 1 aliphatic rings. The third-order valence-electron chi connectivity index (χ3n) is 2.99. The Kier molecular flexibility index (Phi) is 4.99. The predicted octanol–water partition coefficient (Wildman–Crippen LogP) is 2.47.